The molecule has 2 aromatic carbocycles. The summed E-state index contributed by atoms with van der Waals surface area (Å²) >= 11 is 1.12. The number of para-hydroxylation sites is 2. The molecule has 0 bridgehead atoms. The molecule has 1 heterocycles. The van der Waals surface area contributed by atoms with E-state index >= 15 is 0 Å². The number of hydrogen-bond acceptors (Lipinski definition) is 4. The van der Waals surface area contributed by atoms with Crippen molar-refractivity contribution < 1.29 is 18.0 Å². The van der Waals surface area contributed by atoms with Crippen LogP contribution in [0, 0.1) is 6.92 Å². The third-order valence-corrected chi connectivity index (χ3v) is 4.99. The van der Waals surface area contributed by atoms with Gasteiger partial charge in [0.05, 0.1) is 16.5 Å². The Bertz CT molecular complexity index is 973. The highest BCUT2D eigenvalue weighted by Crippen LogP contribution is 2.35. The number of aryl methyl sites for hydroxylation is 1. The van der Waals surface area contributed by atoms with Crippen LogP contribution < -0.4 is 5.32 Å². The van der Waals surface area contributed by atoms with Gasteiger partial charge in [0, 0.05) is 5.69 Å². The number of hydrogen-bond donors (Lipinski definition) is 1. The van der Waals surface area contributed by atoms with E-state index in [0.717, 1.165) is 23.5 Å². The first-order valence-corrected chi connectivity index (χ1v) is 9.26. The average molecular weight is 406 g/mol. The normalized spacial score (nSPS) is 12.6. The van der Waals surface area contributed by atoms with Crippen molar-refractivity contribution in [2.75, 3.05) is 5.32 Å². The van der Waals surface area contributed by atoms with Crippen LogP contribution in [0.15, 0.2) is 59.8 Å². The second-order valence-corrected chi connectivity index (χ2v) is 7.30. The van der Waals surface area contributed by atoms with E-state index in [2.05, 4.69) is 15.5 Å². The van der Waals surface area contributed by atoms with Crippen molar-refractivity contribution in [2.45, 2.75) is 30.4 Å². The van der Waals surface area contributed by atoms with E-state index in [4.69, 9.17) is 0 Å². The monoisotopic (exact) mass is 406 g/mol. The minimum atomic E-state index is -4.55. The Kier molecular flexibility index (Phi) is 5.73. The van der Waals surface area contributed by atoms with Crippen molar-refractivity contribution in [1.29, 1.82) is 0 Å². The number of benzene rings is 2. The number of alkyl halides is 3. The summed E-state index contributed by atoms with van der Waals surface area (Å²) in [4.78, 5) is 12.5. The number of nitrogens with zero attached hydrogens (tertiary/aromatic N) is 3. The molecule has 0 saturated heterocycles. The predicted molar refractivity (Wildman–Crippen MR) is 101 cm³/mol. The van der Waals surface area contributed by atoms with Gasteiger partial charge in [-0.05, 0) is 38.1 Å². The SMILES string of the molecule is Cc1nnc(S[C@@H](C)C(=O)Nc2ccccc2C(F)(F)F)n1-c1ccccc1. The second-order valence-electron chi connectivity index (χ2n) is 5.99. The van der Waals surface area contributed by atoms with E-state index in [1.54, 1.807) is 18.4 Å². The van der Waals surface area contributed by atoms with Gasteiger partial charge in [0.15, 0.2) is 5.16 Å². The summed E-state index contributed by atoms with van der Waals surface area (Å²) in [6, 6.07) is 14.3. The smallest absolute Gasteiger partial charge is 0.325 e. The van der Waals surface area contributed by atoms with Crippen molar-refractivity contribution in [3.63, 3.8) is 0 Å². The van der Waals surface area contributed by atoms with E-state index in [-0.39, 0.29) is 5.69 Å². The molecule has 0 aliphatic carbocycles. The van der Waals surface area contributed by atoms with Crippen LogP contribution in [0.2, 0.25) is 0 Å². The van der Waals surface area contributed by atoms with Gasteiger partial charge in [-0.3, -0.25) is 9.36 Å². The van der Waals surface area contributed by atoms with Crippen molar-refractivity contribution in [3.05, 3.63) is 66.0 Å². The maximum Gasteiger partial charge on any atom is 0.418 e. The molecule has 3 aromatic rings. The summed E-state index contributed by atoms with van der Waals surface area (Å²) in [5, 5.41) is 10.3. The summed E-state index contributed by atoms with van der Waals surface area (Å²) < 4.78 is 41.1. The molecule has 0 saturated carbocycles. The number of carbonyl (C=O) groups excluding carboxylic acids is 1. The molecular formula is C19H17F3N4OS. The minimum Gasteiger partial charge on any atom is -0.325 e. The van der Waals surface area contributed by atoms with E-state index in [1.165, 1.54) is 18.2 Å². The van der Waals surface area contributed by atoms with Gasteiger partial charge in [-0.2, -0.15) is 13.2 Å². The first-order chi connectivity index (χ1) is 13.3. The fourth-order valence-electron chi connectivity index (χ4n) is 2.58. The first-order valence-electron chi connectivity index (χ1n) is 8.38. The molecule has 1 atom stereocenters. The van der Waals surface area contributed by atoms with Gasteiger partial charge in [-0.25, -0.2) is 0 Å². The minimum absolute atomic E-state index is 0.270. The molecule has 0 spiro atoms. The molecule has 1 N–H and O–H groups in total. The van der Waals surface area contributed by atoms with E-state index in [0.29, 0.717) is 11.0 Å². The zero-order chi connectivity index (χ0) is 20.3. The van der Waals surface area contributed by atoms with Crippen LogP contribution in [0.1, 0.15) is 18.3 Å². The molecule has 0 unspecified atom stereocenters. The maximum atomic E-state index is 13.1. The molecule has 9 heteroatoms. The van der Waals surface area contributed by atoms with Gasteiger partial charge >= 0.3 is 6.18 Å². The van der Waals surface area contributed by atoms with Crippen LogP contribution >= 0.6 is 11.8 Å². The highest BCUT2D eigenvalue weighted by atomic mass is 32.2. The number of rotatable bonds is 5. The molecule has 0 fully saturated rings. The summed E-state index contributed by atoms with van der Waals surface area (Å²) in [6.45, 7) is 3.39. The van der Waals surface area contributed by atoms with Gasteiger partial charge in [0.2, 0.25) is 5.91 Å². The summed E-state index contributed by atoms with van der Waals surface area (Å²) in [7, 11) is 0. The Balaban J connectivity index is 1.79. The fraction of sp³-hybridized carbons (Fsp3) is 0.211. The third-order valence-electron chi connectivity index (χ3n) is 3.95. The van der Waals surface area contributed by atoms with E-state index in [9.17, 15) is 18.0 Å². The lowest BCUT2D eigenvalue weighted by molar-refractivity contribution is -0.137. The van der Waals surface area contributed by atoms with Crippen molar-refractivity contribution in [1.82, 2.24) is 14.8 Å². The van der Waals surface area contributed by atoms with Crippen molar-refractivity contribution in [2.24, 2.45) is 0 Å². The van der Waals surface area contributed by atoms with Crippen molar-refractivity contribution in [3.8, 4) is 5.69 Å². The Labute approximate surface area is 164 Å². The summed E-state index contributed by atoms with van der Waals surface area (Å²) in [5.41, 5.74) is -0.320. The molecule has 1 amide bonds. The molecular weight excluding hydrogens is 389 g/mol. The number of aromatic nitrogens is 3. The maximum absolute atomic E-state index is 13.1. The number of thioether (sulfide) groups is 1. The van der Waals surface area contributed by atoms with Crippen molar-refractivity contribution >= 4 is 23.4 Å². The zero-order valence-corrected chi connectivity index (χ0v) is 15.9. The summed E-state index contributed by atoms with van der Waals surface area (Å²) in [5.74, 6) is 0.0886. The van der Waals surface area contributed by atoms with Gasteiger partial charge in [-0.1, -0.05) is 42.1 Å². The molecule has 0 aliphatic rings. The Morgan fingerprint density at radius 1 is 1.07 bits per heavy atom. The average Bonchev–Trinajstić information content (AvgIpc) is 3.02. The molecule has 146 valence electrons. The Morgan fingerprint density at radius 2 is 1.71 bits per heavy atom. The Morgan fingerprint density at radius 3 is 2.39 bits per heavy atom. The number of nitrogens with one attached hydrogen (secondary N) is 1. The number of anilines is 1. The fourth-order valence-corrected chi connectivity index (χ4v) is 3.49. The van der Waals surface area contributed by atoms with Gasteiger partial charge < -0.3 is 5.32 Å². The highest BCUT2D eigenvalue weighted by Gasteiger charge is 2.34. The lowest BCUT2D eigenvalue weighted by Gasteiger charge is -2.16. The highest BCUT2D eigenvalue weighted by molar-refractivity contribution is 8.00. The molecule has 28 heavy (non-hydrogen) atoms. The molecule has 5 nitrogen and oxygen atoms in total. The van der Waals surface area contributed by atoms with Crippen LogP contribution in [-0.2, 0) is 11.0 Å². The van der Waals surface area contributed by atoms with Gasteiger partial charge in [-0.15, -0.1) is 10.2 Å². The quantitative estimate of drug-likeness (QED) is 0.623. The van der Waals surface area contributed by atoms with Crippen LogP contribution in [0.3, 0.4) is 0 Å². The molecule has 3 rings (SSSR count). The lowest BCUT2D eigenvalue weighted by atomic mass is 10.1. The summed E-state index contributed by atoms with van der Waals surface area (Å²) in [6.07, 6.45) is -4.55. The number of halogens is 3. The van der Waals surface area contributed by atoms with Gasteiger partial charge in [0.25, 0.3) is 0 Å². The first kappa shape index (κ1) is 19.9. The van der Waals surface area contributed by atoms with Crippen LogP contribution in [0.25, 0.3) is 5.69 Å². The second kappa shape index (κ2) is 8.05. The number of carbonyl (C=O) groups is 1. The lowest BCUT2D eigenvalue weighted by Crippen LogP contribution is -2.24. The third kappa shape index (κ3) is 4.36. The predicted octanol–water partition coefficient (Wildman–Crippen LogP) is 4.71. The number of amides is 1. The molecule has 0 radical (unpaired) electrons. The largest absolute Gasteiger partial charge is 0.418 e. The Hall–Kier alpha value is -2.81. The van der Waals surface area contributed by atoms with Crippen LogP contribution in [-0.4, -0.2) is 25.9 Å². The van der Waals surface area contributed by atoms with Gasteiger partial charge in [0.1, 0.15) is 5.82 Å². The standard InChI is InChI=1S/C19H17F3N4OS/c1-12(17(27)23-16-11-7-6-10-15(16)19(20,21)22)28-18-25-24-13(2)26(18)14-8-4-3-5-9-14/h3-12H,1-2H3,(H,23,27)/t12-/m0/s1. The molecule has 1 aromatic heterocycles. The van der Waals surface area contributed by atoms with E-state index in [1.807, 2.05) is 30.3 Å². The van der Waals surface area contributed by atoms with Crippen LogP contribution in [0.5, 0.6) is 0 Å². The van der Waals surface area contributed by atoms with E-state index < -0.39 is 22.9 Å². The topological polar surface area (TPSA) is 59.8 Å². The molecule has 0 aliphatic heterocycles. The van der Waals surface area contributed by atoms with Crippen LogP contribution in [0.4, 0.5) is 18.9 Å². The zero-order valence-electron chi connectivity index (χ0n) is 15.1.